The van der Waals surface area contributed by atoms with Gasteiger partial charge in [0, 0.05) is 11.1 Å². The van der Waals surface area contributed by atoms with Gasteiger partial charge < -0.3 is 14.6 Å². The molecule has 2 aliphatic carbocycles. The highest BCUT2D eigenvalue weighted by Gasteiger charge is 2.29. The van der Waals surface area contributed by atoms with E-state index < -0.39 is 0 Å². The molecule has 33 heavy (non-hydrogen) atoms. The van der Waals surface area contributed by atoms with E-state index in [-0.39, 0.29) is 5.75 Å². The van der Waals surface area contributed by atoms with Gasteiger partial charge in [-0.25, -0.2) is 4.98 Å². The van der Waals surface area contributed by atoms with E-state index in [0.717, 1.165) is 54.1 Å². The predicted molar refractivity (Wildman–Crippen MR) is 130 cm³/mol. The van der Waals surface area contributed by atoms with E-state index in [2.05, 4.69) is 24.3 Å². The van der Waals surface area contributed by atoms with Crippen LogP contribution in [0.5, 0.6) is 17.2 Å². The standard InChI is InChI=1S/C29H25NO3/c1-32-21-9-13-23-18(15-21)5-11-25-27(17-3-7-20(31)8-4-17)26-12-6-19-16-22(33-2)10-14-24(19)29(26)30-28(23)25/h3-4,7-10,13-16,31H,5-6,11-12H2,1-2H3. The Morgan fingerprint density at radius 2 is 1.18 bits per heavy atom. The molecule has 0 amide bonds. The summed E-state index contributed by atoms with van der Waals surface area (Å²) in [6.07, 6.45) is 3.78. The number of methoxy groups -OCH3 is 2. The number of ether oxygens (including phenoxy) is 2. The molecule has 4 heteroatoms. The molecule has 0 unspecified atom stereocenters. The van der Waals surface area contributed by atoms with Crippen LogP contribution in [0.3, 0.4) is 0 Å². The van der Waals surface area contributed by atoms with Crippen molar-refractivity contribution < 1.29 is 14.6 Å². The van der Waals surface area contributed by atoms with Crippen LogP contribution >= 0.6 is 0 Å². The molecule has 0 atom stereocenters. The number of aromatic nitrogens is 1. The molecule has 0 fully saturated rings. The number of nitrogens with zero attached hydrogens (tertiary/aromatic N) is 1. The lowest BCUT2D eigenvalue weighted by atomic mass is 9.78. The summed E-state index contributed by atoms with van der Waals surface area (Å²) in [7, 11) is 3.42. The van der Waals surface area contributed by atoms with Crippen molar-refractivity contribution >= 4 is 0 Å². The van der Waals surface area contributed by atoms with Gasteiger partial charge in [-0.05, 0) is 108 Å². The van der Waals surface area contributed by atoms with E-state index in [1.54, 1.807) is 26.4 Å². The lowest BCUT2D eigenvalue weighted by Crippen LogP contribution is -2.15. The first-order valence-corrected chi connectivity index (χ1v) is 11.4. The molecule has 3 aromatic carbocycles. The fourth-order valence-corrected chi connectivity index (χ4v) is 5.36. The molecule has 1 N–H and O–H groups in total. The first-order chi connectivity index (χ1) is 16.2. The third-order valence-corrected chi connectivity index (χ3v) is 6.98. The fraction of sp³-hybridized carbons (Fsp3) is 0.207. The second kappa shape index (κ2) is 7.66. The van der Waals surface area contributed by atoms with Crippen LogP contribution in [0, 0.1) is 0 Å². The normalized spacial score (nSPS) is 13.4. The Labute approximate surface area is 193 Å². The number of fused-ring (bicyclic) bond motifs is 6. The van der Waals surface area contributed by atoms with Crippen molar-refractivity contribution in [3.8, 4) is 50.9 Å². The highest BCUT2D eigenvalue weighted by atomic mass is 16.5. The summed E-state index contributed by atoms with van der Waals surface area (Å²) in [5.74, 6) is 2.04. The van der Waals surface area contributed by atoms with Gasteiger partial charge in [-0.3, -0.25) is 0 Å². The van der Waals surface area contributed by atoms with Crippen LogP contribution < -0.4 is 9.47 Å². The summed E-state index contributed by atoms with van der Waals surface area (Å²) in [6, 6.07) is 20.2. The molecule has 0 saturated carbocycles. The van der Waals surface area contributed by atoms with E-state index >= 15 is 0 Å². The first-order valence-electron chi connectivity index (χ1n) is 11.4. The Bertz CT molecular complexity index is 1310. The molecule has 0 saturated heterocycles. The lowest BCUT2D eigenvalue weighted by Gasteiger charge is -2.29. The molecule has 0 radical (unpaired) electrons. The van der Waals surface area contributed by atoms with Gasteiger partial charge in [-0.2, -0.15) is 0 Å². The third kappa shape index (κ3) is 3.17. The van der Waals surface area contributed by atoms with E-state index in [1.165, 1.54) is 38.9 Å². The van der Waals surface area contributed by atoms with Gasteiger partial charge in [0.15, 0.2) is 0 Å². The molecule has 164 valence electrons. The topological polar surface area (TPSA) is 51.6 Å². The maximum absolute atomic E-state index is 9.90. The van der Waals surface area contributed by atoms with Gasteiger partial charge in [0.2, 0.25) is 0 Å². The SMILES string of the molecule is COc1ccc2c(c1)CCc1c-2nc2c(c1-c1ccc(O)cc1)CCc1cc(OC)ccc1-2. The second-order valence-corrected chi connectivity index (χ2v) is 8.73. The summed E-state index contributed by atoms with van der Waals surface area (Å²) in [5.41, 5.74) is 12.0. The van der Waals surface area contributed by atoms with Crippen molar-refractivity contribution in [2.45, 2.75) is 25.7 Å². The minimum Gasteiger partial charge on any atom is -0.508 e. The number of phenols is 1. The quantitative estimate of drug-likeness (QED) is 0.429. The maximum atomic E-state index is 9.90. The average molecular weight is 436 g/mol. The molecule has 0 aliphatic heterocycles. The predicted octanol–water partition coefficient (Wildman–Crippen LogP) is 6.00. The molecule has 1 aromatic heterocycles. The average Bonchev–Trinajstić information content (AvgIpc) is 2.87. The number of rotatable bonds is 3. The number of benzene rings is 3. The number of hydrogen-bond acceptors (Lipinski definition) is 4. The molecule has 4 nitrogen and oxygen atoms in total. The first kappa shape index (κ1) is 19.9. The second-order valence-electron chi connectivity index (χ2n) is 8.73. The van der Waals surface area contributed by atoms with Gasteiger partial charge in [-0.15, -0.1) is 0 Å². The van der Waals surface area contributed by atoms with Crippen molar-refractivity contribution in [3.05, 3.63) is 82.9 Å². The Morgan fingerprint density at radius 1 is 0.667 bits per heavy atom. The molecule has 0 spiro atoms. The third-order valence-electron chi connectivity index (χ3n) is 6.98. The Balaban J connectivity index is 1.65. The van der Waals surface area contributed by atoms with Gasteiger partial charge in [0.05, 0.1) is 25.6 Å². The Morgan fingerprint density at radius 3 is 1.67 bits per heavy atom. The van der Waals surface area contributed by atoms with Crippen LogP contribution in [-0.2, 0) is 25.7 Å². The summed E-state index contributed by atoms with van der Waals surface area (Å²) >= 11 is 0. The summed E-state index contributed by atoms with van der Waals surface area (Å²) in [6.45, 7) is 0. The largest absolute Gasteiger partial charge is 0.508 e. The van der Waals surface area contributed by atoms with Crippen LogP contribution in [0.2, 0.25) is 0 Å². The Hall–Kier alpha value is -3.79. The number of aromatic hydroxyl groups is 1. The zero-order valence-corrected chi connectivity index (χ0v) is 18.8. The van der Waals surface area contributed by atoms with Gasteiger partial charge in [0.1, 0.15) is 17.2 Å². The minimum absolute atomic E-state index is 0.283. The van der Waals surface area contributed by atoms with Crippen LogP contribution in [-0.4, -0.2) is 24.3 Å². The zero-order valence-electron chi connectivity index (χ0n) is 18.8. The van der Waals surface area contributed by atoms with E-state index in [9.17, 15) is 5.11 Å². The van der Waals surface area contributed by atoms with E-state index in [4.69, 9.17) is 14.5 Å². The van der Waals surface area contributed by atoms with Crippen molar-refractivity contribution in [1.82, 2.24) is 4.98 Å². The monoisotopic (exact) mass is 435 g/mol. The Kier molecular flexibility index (Phi) is 4.61. The van der Waals surface area contributed by atoms with Crippen LogP contribution in [0.15, 0.2) is 60.7 Å². The molecular formula is C29H25NO3. The number of pyridine rings is 1. The van der Waals surface area contributed by atoms with Crippen LogP contribution in [0.4, 0.5) is 0 Å². The highest BCUT2D eigenvalue weighted by molar-refractivity contribution is 5.88. The maximum Gasteiger partial charge on any atom is 0.119 e. The summed E-state index contributed by atoms with van der Waals surface area (Å²) in [5, 5.41) is 9.90. The number of hydrogen-bond donors (Lipinski definition) is 1. The van der Waals surface area contributed by atoms with Gasteiger partial charge in [-0.1, -0.05) is 12.1 Å². The molecule has 1 heterocycles. The van der Waals surface area contributed by atoms with Gasteiger partial charge >= 0.3 is 0 Å². The molecule has 0 bridgehead atoms. The molecule has 6 rings (SSSR count). The molecular weight excluding hydrogens is 410 g/mol. The van der Waals surface area contributed by atoms with Gasteiger partial charge in [0.25, 0.3) is 0 Å². The summed E-state index contributed by atoms with van der Waals surface area (Å²) in [4.78, 5) is 5.32. The van der Waals surface area contributed by atoms with Crippen molar-refractivity contribution in [3.63, 3.8) is 0 Å². The van der Waals surface area contributed by atoms with Crippen LogP contribution in [0.1, 0.15) is 22.3 Å². The summed E-state index contributed by atoms with van der Waals surface area (Å²) < 4.78 is 11.0. The van der Waals surface area contributed by atoms with Crippen molar-refractivity contribution in [2.24, 2.45) is 0 Å². The lowest BCUT2D eigenvalue weighted by molar-refractivity contribution is 0.414. The molecule has 4 aromatic rings. The van der Waals surface area contributed by atoms with Crippen LogP contribution in [0.25, 0.3) is 33.6 Å². The number of aryl methyl sites for hydroxylation is 2. The highest BCUT2D eigenvalue weighted by Crippen LogP contribution is 2.46. The van der Waals surface area contributed by atoms with E-state index in [1.807, 2.05) is 24.3 Å². The van der Waals surface area contributed by atoms with Crippen molar-refractivity contribution in [1.29, 1.82) is 0 Å². The smallest absolute Gasteiger partial charge is 0.119 e. The molecule has 2 aliphatic rings. The van der Waals surface area contributed by atoms with Crippen molar-refractivity contribution in [2.75, 3.05) is 14.2 Å². The minimum atomic E-state index is 0.283. The zero-order chi connectivity index (χ0) is 22.5. The fourth-order valence-electron chi connectivity index (χ4n) is 5.36. The number of phenolic OH excluding ortho intramolecular Hbond substituents is 1. The van der Waals surface area contributed by atoms with E-state index in [0.29, 0.717) is 0 Å².